The maximum absolute atomic E-state index is 10.8. The maximum Gasteiger partial charge on any atom is 0.306 e. The van der Waals surface area contributed by atoms with Gasteiger partial charge < -0.3 is 5.11 Å². The Morgan fingerprint density at radius 2 is 2.33 bits per heavy atom. The lowest BCUT2D eigenvalue weighted by Crippen LogP contribution is -2.10. The molecular formula is C12H17BrO2. The van der Waals surface area contributed by atoms with Crippen LogP contribution in [0.2, 0.25) is 0 Å². The molecule has 0 fully saturated rings. The molecule has 0 aliphatic heterocycles. The third-order valence-corrected chi connectivity index (χ3v) is 3.59. The van der Waals surface area contributed by atoms with Crippen LogP contribution in [-0.4, -0.2) is 11.1 Å². The Kier molecular flexibility index (Phi) is 4.58. The van der Waals surface area contributed by atoms with Gasteiger partial charge in [-0.2, -0.15) is 0 Å². The quantitative estimate of drug-likeness (QED) is 0.847. The lowest BCUT2D eigenvalue weighted by Gasteiger charge is -2.17. The molecule has 0 saturated heterocycles. The summed E-state index contributed by atoms with van der Waals surface area (Å²) in [5.74, 6) is -1.01. The van der Waals surface area contributed by atoms with Crippen molar-refractivity contribution >= 4 is 21.9 Å². The third-order valence-electron chi connectivity index (χ3n) is 2.79. The van der Waals surface area contributed by atoms with E-state index in [9.17, 15) is 4.79 Å². The van der Waals surface area contributed by atoms with Gasteiger partial charge in [0.1, 0.15) is 0 Å². The maximum atomic E-state index is 10.8. The fourth-order valence-electron chi connectivity index (χ4n) is 1.84. The molecule has 1 aliphatic rings. The molecule has 0 heterocycles. The Hall–Kier alpha value is -0.570. The number of hydrogen-bond acceptors (Lipinski definition) is 1. The van der Waals surface area contributed by atoms with Crippen molar-refractivity contribution < 1.29 is 9.90 Å². The van der Waals surface area contributed by atoms with Crippen molar-refractivity contribution in [2.45, 2.75) is 39.5 Å². The summed E-state index contributed by atoms with van der Waals surface area (Å²) < 4.78 is 1.16. The third kappa shape index (κ3) is 3.49. The first-order valence-corrected chi connectivity index (χ1v) is 6.09. The van der Waals surface area contributed by atoms with Gasteiger partial charge in [0.05, 0.1) is 5.92 Å². The van der Waals surface area contributed by atoms with E-state index >= 15 is 0 Å². The average Bonchev–Trinajstić information content (AvgIpc) is 2.18. The van der Waals surface area contributed by atoms with Crippen molar-refractivity contribution in [1.82, 2.24) is 0 Å². The predicted molar refractivity (Wildman–Crippen MR) is 65.0 cm³/mol. The first kappa shape index (κ1) is 12.5. The minimum Gasteiger partial charge on any atom is -0.481 e. The Labute approximate surface area is 99.2 Å². The topological polar surface area (TPSA) is 37.3 Å². The van der Waals surface area contributed by atoms with E-state index in [1.807, 2.05) is 6.92 Å². The number of carbonyl (C=O) groups is 1. The van der Waals surface area contributed by atoms with Gasteiger partial charge in [-0.05, 0) is 38.2 Å². The Morgan fingerprint density at radius 3 is 2.87 bits per heavy atom. The van der Waals surface area contributed by atoms with Gasteiger partial charge in [0, 0.05) is 4.48 Å². The molecule has 3 heteroatoms. The summed E-state index contributed by atoms with van der Waals surface area (Å²) in [6.07, 6.45) is 6.17. The predicted octanol–water partition coefficient (Wildman–Crippen LogP) is 3.88. The Balaban J connectivity index is 2.76. The van der Waals surface area contributed by atoms with Crippen LogP contribution in [0, 0.1) is 5.92 Å². The summed E-state index contributed by atoms with van der Waals surface area (Å²) in [5.41, 5.74) is 2.50. The van der Waals surface area contributed by atoms with Crippen LogP contribution in [0.4, 0.5) is 0 Å². The van der Waals surface area contributed by atoms with E-state index < -0.39 is 5.97 Å². The van der Waals surface area contributed by atoms with Crippen LogP contribution in [-0.2, 0) is 4.79 Å². The molecule has 0 spiro atoms. The zero-order chi connectivity index (χ0) is 11.4. The molecule has 0 radical (unpaired) electrons. The molecule has 2 nitrogen and oxygen atoms in total. The number of carboxylic acid groups (broad SMARTS) is 1. The average molecular weight is 273 g/mol. The number of carboxylic acids is 1. The Morgan fingerprint density at radius 1 is 1.67 bits per heavy atom. The van der Waals surface area contributed by atoms with Gasteiger partial charge in [-0.3, -0.25) is 4.79 Å². The van der Waals surface area contributed by atoms with E-state index in [4.69, 9.17) is 5.11 Å². The van der Waals surface area contributed by atoms with Gasteiger partial charge in [-0.1, -0.05) is 34.5 Å². The van der Waals surface area contributed by atoms with E-state index in [0.29, 0.717) is 6.42 Å². The van der Waals surface area contributed by atoms with Crippen molar-refractivity contribution in [3.05, 3.63) is 21.7 Å². The summed E-state index contributed by atoms with van der Waals surface area (Å²) in [4.78, 5) is 10.8. The van der Waals surface area contributed by atoms with Gasteiger partial charge in [0.25, 0.3) is 0 Å². The van der Waals surface area contributed by atoms with E-state index in [0.717, 1.165) is 17.3 Å². The lowest BCUT2D eigenvalue weighted by molar-refractivity contribution is -0.141. The van der Waals surface area contributed by atoms with Crippen LogP contribution in [0.1, 0.15) is 39.5 Å². The second kappa shape index (κ2) is 5.50. The van der Waals surface area contributed by atoms with Crippen molar-refractivity contribution in [3.63, 3.8) is 0 Å². The summed E-state index contributed by atoms with van der Waals surface area (Å²) in [6, 6.07) is 0. The molecule has 0 bridgehead atoms. The highest BCUT2D eigenvalue weighted by atomic mass is 79.9. The van der Waals surface area contributed by atoms with Crippen LogP contribution < -0.4 is 0 Å². The van der Waals surface area contributed by atoms with Gasteiger partial charge >= 0.3 is 5.97 Å². The highest BCUT2D eigenvalue weighted by molar-refractivity contribution is 9.12. The highest BCUT2D eigenvalue weighted by Crippen LogP contribution is 2.32. The fraction of sp³-hybridized carbons (Fsp3) is 0.583. The fourth-order valence-corrected chi connectivity index (χ4v) is 2.60. The molecule has 0 aromatic carbocycles. The minimum absolute atomic E-state index is 0.292. The van der Waals surface area contributed by atoms with Gasteiger partial charge in [-0.25, -0.2) is 0 Å². The smallest absolute Gasteiger partial charge is 0.306 e. The van der Waals surface area contributed by atoms with Crippen LogP contribution in [0.25, 0.3) is 0 Å². The van der Waals surface area contributed by atoms with E-state index in [2.05, 4.69) is 22.0 Å². The zero-order valence-electron chi connectivity index (χ0n) is 9.22. The van der Waals surface area contributed by atoms with Crippen LogP contribution in [0.15, 0.2) is 21.7 Å². The SMILES string of the molecule is C/C(CC(C)C(=O)O)=C1/CCCC=C1Br. The number of hydrogen-bond donors (Lipinski definition) is 1. The molecule has 15 heavy (non-hydrogen) atoms. The van der Waals surface area contributed by atoms with Crippen molar-refractivity contribution in [2.75, 3.05) is 0 Å². The van der Waals surface area contributed by atoms with Crippen LogP contribution in [0.3, 0.4) is 0 Å². The largest absolute Gasteiger partial charge is 0.481 e. The molecule has 0 amide bonds. The molecule has 0 saturated carbocycles. The van der Waals surface area contributed by atoms with Crippen molar-refractivity contribution in [3.8, 4) is 0 Å². The molecule has 84 valence electrons. The summed E-state index contributed by atoms with van der Waals surface area (Å²) >= 11 is 3.54. The minimum atomic E-state index is -0.717. The molecule has 0 aromatic heterocycles. The molecule has 1 unspecified atom stereocenters. The van der Waals surface area contributed by atoms with E-state index in [1.165, 1.54) is 17.6 Å². The van der Waals surface area contributed by atoms with E-state index in [-0.39, 0.29) is 5.92 Å². The zero-order valence-corrected chi connectivity index (χ0v) is 10.8. The number of aliphatic carboxylic acids is 1. The van der Waals surface area contributed by atoms with E-state index in [1.54, 1.807) is 6.92 Å². The highest BCUT2D eigenvalue weighted by Gasteiger charge is 2.16. The van der Waals surface area contributed by atoms with Gasteiger partial charge in [-0.15, -0.1) is 0 Å². The molecule has 1 N–H and O–H groups in total. The first-order valence-electron chi connectivity index (χ1n) is 5.30. The molecule has 1 atom stereocenters. The summed E-state index contributed by atoms with van der Waals surface area (Å²) in [5, 5.41) is 8.85. The van der Waals surface area contributed by atoms with Crippen molar-refractivity contribution in [1.29, 1.82) is 0 Å². The van der Waals surface area contributed by atoms with Gasteiger partial charge in [0.2, 0.25) is 0 Å². The Bertz CT molecular complexity index is 316. The summed E-state index contributed by atoms with van der Waals surface area (Å²) in [6.45, 7) is 3.79. The number of allylic oxidation sites excluding steroid dienone is 4. The molecule has 1 rings (SSSR count). The second-order valence-corrected chi connectivity index (χ2v) is 5.00. The normalized spacial score (nSPS) is 21.9. The second-order valence-electron chi connectivity index (χ2n) is 4.15. The standard InChI is InChI=1S/C12H17BrO2/c1-8(7-9(2)12(14)15)10-5-3-4-6-11(10)13/h6,9H,3-5,7H2,1-2H3,(H,14,15)/b10-8+. The monoisotopic (exact) mass is 272 g/mol. The first-order chi connectivity index (χ1) is 7.02. The lowest BCUT2D eigenvalue weighted by atomic mass is 9.92. The molecule has 0 aromatic rings. The van der Waals surface area contributed by atoms with Crippen LogP contribution in [0.5, 0.6) is 0 Å². The number of rotatable bonds is 3. The van der Waals surface area contributed by atoms with Gasteiger partial charge in [0.15, 0.2) is 0 Å². The van der Waals surface area contributed by atoms with Crippen molar-refractivity contribution in [2.24, 2.45) is 5.92 Å². The summed E-state index contributed by atoms with van der Waals surface area (Å²) in [7, 11) is 0. The van der Waals surface area contributed by atoms with Crippen LogP contribution >= 0.6 is 15.9 Å². The molecular weight excluding hydrogens is 256 g/mol. The molecule has 1 aliphatic carbocycles. The number of halogens is 1.